The van der Waals surface area contributed by atoms with Crippen LogP contribution in [0.1, 0.15) is 19.3 Å². The summed E-state index contributed by atoms with van der Waals surface area (Å²) in [4.78, 5) is 22.1. The molecule has 6 heteroatoms. The molecule has 2 unspecified atom stereocenters. The van der Waals surface area contributed by atoms with Gasteiger partial charge >= 0.3 is 5.97 Å². The molecular formula is C9H15NO5. The molecule has 0 aliphatic carbocycles. The molecule has 0 aromatic heterocycles. The third kappa shape index (κ3) is 3.49. The zero-order chi connectivity index (χ0) is 11.3. The molecule has 0 aromatic rings. The molecule has 15 heavy (non-hydrogen) atoms. The lowest BCUT2D eigenvalue weighted by atomic mass is 10.2. The van der Waals surface area contributed by atoms with E-state index in [1.165, 1.54) is 0 Å². The molecule has 1 aliphatic heterocycles. The number of carboxylic acids is 1. The standard InChI is InChI=1S/C9H15NO5/c11-4-3-6(9(13)14)10-8(12)7-2-1-5-15-7/h6-7,11H,1-5H2,(H,10,12)(H,13,14). The summed E-state index contributed by atoms with van der Waals surface area (Å²) in [7, 11) is 0. The van der Waals surface area contributed by atoms with Crippen LogP contribution in [0.5, 0.6) is 0 Å². The van der Waals surface area contributed by atoms with Crippen molar-refractivity contribution in [1.29, 1.82) is 0 Å². The Morgan fingerprint density at radius 1 is 1.53 bits per heavy atom. The Morgan fingerprint density at radius 2 is 2.27 bits per heavy atom. The van der Waals surface area contributed by atoms with Crippen molar-refractivity contribution in [3.8, 4) is 0 Å². The zero-order valence-electron chi connectivity index (χ0n) is 8.31. The van der Waals surface area contributed by atoms with Crippen LogP contribution in [-0.2, 0) is 14.3 Å². The van der Waals surface area contributed by atoms with Gasteiger partial charge < -0.3 is 20.3 Å². The maximum atomic E-state index is 11.5. The Bertz CT molecular complexity index is 237. The third-order valence-corrected chi connectivity index (χ3v) is 2.25. The number of aliphatic carboxylic acids is 1. The van der Waals surface area contributed by atoms with E-state index in [4.69, 9.17) is 14.9 Å². The van der Waals surface area contributed by atoms with E-state index in [9.17, 15) is 9.59 Å². The molecule has 1 heterocycles. The molecular weight excluding hydrogens is 202 g/mol. The van der Waals surface area contributed by atoms with Crippen molar-refractivity contribution in [2.75, 3.05) is 13.2 Å². The van der Waals surface area contributed by atoms with Crippen LogP contribution in [0.3, 0.4) is 0 Å². The number of carbonyl (C=O) groups is 2. The number of carbonyl (C=O) groups excluding carboxylic acids is 1. The summed E-state index contributed by atoms with van der Waals surface area (Å²) in [5.41, 5.74) is 0. The fraction of sp³-hybridized carbons (Fsp3) is 0.778. The predicted octanol–water partition coefficient (Wildman–Crippen LogP) is -0.883. The number of nitrogens with one attached hydrogen (secondary N) is 1. The third-order valence-electron chi connectivity index (χ3n) is 2.25. The van der Waals surface area contributed by atoms with Crippen molar-refractivity contribution in [2.45, 2.75) is 31.4 Å². The number of hydrogen-bond acceptors (Lipinski definition) is 4. The van der Waals surface area contributed by atoms with E-state index >= 15 is 0 Å². The summed E-state index contributed by atoms with van der Waals surface area (Å²) in [6.45, 7) is 0.262. The first-order valence-corrected chi connectivity index (χ1v) is 4.90. The van der Waals surface area contributed by atoms with Gasteiger partial charge in [-0.3, -0.25) is 4.79 Å². The topological polar surface area (TPSA) is 95.9 Å². The average Bonchev–Trinajstić information content (AvgIpc) is 2.69. The van der Waals surface area contributed by atoms with E-state index in [0.29, 0.717) is 13.0 Å². The van der Waals surface area contributed by atoms with Gasteiger partial charge in [-0.2, -0.15) is 0 Å². The minimum Gasteiger partial charge on any atom is -0.480 e. The molecule has 3 N–H and O–H groups in total. The van der Waals surface area contributed by atoms with E-state index in [1.807, 2.05) is 0 Å². The first-order chi connectivity index (χ1) is 7.15. The Morgan fingerprint density at radius 3 is 2.73 bits per heavy atom. The maximum absolute atomic E-state index is 11.5. The number of aliphatic hydroxyl groups excluding tert-OH is 1. The fourth-order valence-electron chi connectivity index (χ4n) is 1.44. The lowest BCUT2D eigenvalue weighted by Crippen LogP contribution is -2.45. The van der Waals surface area contributed by atoms with Crippen LogP contribution in [0.25, 0.3) is 0 Å². The normalized spacial score (nSPS) is 22.3. The van der Waals surface area contributed by atoms with E-state index < -0.39 is 24.0 Å². The van der Waals surface area contributed by atoms with Crippen molar-refractivity contribution < 1.29 is 24.5 Å². The fourth-order valence-corrected chi connectivity index (χ4v) is 1.44. The lowest BCUT2D eigenvalue weighted by molar-refractivity contribution is -0.144. The molecule has 0 spiro atoms. The highest BCUT2D eigenvalue weighted by atomic mass is 16.5. The van der Waals surface area contributed by atoms with Crippen molar-refractivity contribution >= 4 is 11.9 Å². The second kappa shape index (κ2) is 5.67. The van der Waals surface area contributed by atoms with Gasteiger partial charge in [-0.05, 0) is 12.8 Å². The van der Waals surface area contributed by atoms with Crippen LogP contribution in [0.4, 0.5) is 0 Å². The molecule has 2 atom stereocenters. The van der Waals surface area contributed by atoms with Crippen molar-refractivity contribution in [3.63, 3.8) is 0 Å². The van der Waals surface area contributed by atoms with Gasteiger partial charge in [0.1, 0.15) is 12.1 Å². The monoisotopic (exact) mass is 217 g/mol. The average molecular weight is 217 g/mol. The molecule has 0 aromatic carbocycles. The van der Waals surface area contributed by atoms with E-state index in [0.717, 1.165) is 6.42 Å². The highest BCUT2D eigenvalue weighted by Crippen LogP contribution is 2.12. The minimum absolute atomic E-state index is 0.00773. The number of amides is 1. The lowest BCUT2D eigenvalue weighted by Gasteiger charge is -2.15. The molecule has 0 saturated carbocycles. The largest absolute Gasteiger partial charge is 0.480 e. The number of aliphatic hydroxyl groups is 1. The van der Waals surface area contributed by atoms with E-state index in [-0.39, 0.29) is 13.0 Å². The van der Waals surface area contributed by atoms with Crippen molar-refractivity contribution in [1.82, 2.24) is 5.32 Å². The summed E-state index contributed by atoms with van der Waals surface area (Å²) >= 11 is 0. The maximum Gasteiger partial charge on any atom is 0.326 e. The number of carboxylic acid groups (broad SMARTS) is 1. The summed E-state index contributed by atoms with van der Waals surface area (Å²) < 4.78 is 5.11. The molecule has 0 bridgehead atoms. The molecule has 6 nitrogen and oxygen atoms in total. The molecule has 1 rings (SSSR count). The summed E-state index contributed by atoms with van der Waals surface area (Å²) in [6.07, 6.45) is 0.909. The molecule has 0 radical (unpaired) electrons. The summed E-state index contributed by atoms with van der Waals surface area (Å²) in [5.74, 6) is -1.55. The molecule has 86 valence electrons. The van der Waals surface area contributed by atoms with Gasteiger partial charge in [0.25, 0.3) is 0 Å². The van der Waals surface area contributed by atoms with Gasteiger partial charge in [-0.25, -0.2) is 4.79 Å². The number of ether oxygens (including phenoxy) is 1. The Kier molecular flexibility index (Phi) is 4.51. The van der Waals surface area contributed by atoms with Crippen molar-refractivity contribution in [3.05, 3.63) is 0 Å². The van der Waals surface area contributed by atoms with E-state index in [1.54, 1.807) is 0 Å². The second-order valence-electron chi connectivity index (χ2n) is 3.41. The molecule has 1 aliphatic rings. The van der Waals surface area contributed by atoms with Crippen LogP contribution in [-0.4, -0.2) is 47.4 Å². The van der Waals surface area contributed by atoms with Crippen LogP contribution in [0.15, 0.2) is 0 Å². The second-order valence-corrected chi connectivity index (χ2v) is 3.41. The minimum atomic E-state index is -1.14. The van der Waals surface area contributed by atoms with Gasteiger partial charge in [0.05, 0.1) is 0 Å². The van der Waals surface area contributed by atoms with Gasteiger partial charge in [-0.1, -0.05) is 0 Å². The smallest absolute Gasteiger partial charge is 0.326 e. The van der Waals surface area contributed by atoms with Crippen LogP contribution in [0.2, 0.25) is 0 Å². The predicted molar refractivity (Wildman–Crippen MR) is 50.2 cm³/mol. The van der Waals surface area contributed by atoms with Crippen LogP contribution >= 0.6 is 0 Å². The Labute approximate surface area is 87.2 Å². The quantitative estimate of drug-likeness (QED) is 0.555. The summed E-state index contributed by atoms with van der Waals surface area (Å²) in [5, 5.41) is 19.7. The highest BCUT2D eigenvalue weighted by molar-refractivity contribution is 5.86. The van der Waals surface area contributed by atoms with Crippen molar-refractivity contribution in [2.24, 2.45) is 0 Å². The zero-order valence-corrected chi connectivity index (χ0v) is 8.31. The van der Waals surface area contributed by atoms with Gasteiger partial charge in [0, 0.05) is 19.6 Å². The SMILES string of the molecule is O=C(O)C(CCO)NC(=O)C1CCCO1. The first kappa shape index (κ1) is 11.9. The van der Waals surface area contributed by atoms with Crippen LogP contribution < -0.4 is 5.32 Å². The molecule has 1 saturated heterocycles. The number of rotatable bonds is 5. The van der Waals surface area contributed by atoms with Gasteiger partial charge in [0.15, 0.2) is 0 Å². The molecule has 1 amide bonds. The Balaban J connectivity index is 2.42. The number of hydrogen-bond donors (Lipinski definition) is 3. The van der Waals surface area contributed by atoms with Crippen LogP contribution in [0, 0.1) is 0 Å². The highest BCUT2D eigenvalue weighted by Gasteiger charge is 2.27. The van der Waals surface area contributed by atoms with Gasteiger partial charge in [-0.15, -0.1) is 0 Å². The van der Waals surface area contributed by atoms with Gasteiger partial charge in [0.2, 0.25) is 5.91 Å². The van der Waals surface area contributed by atoms with E-state index in [2.05, 4.69) is 5.32 Å². The summed E-state index contributed by atoms with van der Waals surface area (Å²) in [6, 6.07) is -1.04. The molecule has 1 fully saturated rings. The first-order valence-electron chi connectivity index (χ1n) is 4.90. The Hall–Kier alpha value is -1.14.